The Labute approximate surface area is 167 Å². The molecule has 4 aliphatic carbocycles. The minimum atomic E-state index is -2.35. The summed E-state index contributed by atoms with van der Waals surface area (Å²) in [5.41, 5.74) is -7.36. The number of fused-ring (bicyclic) bond motifs is 5. The lowest BCUT2D eigenvalue weighted by atomic mass is 9.43. The van der Waals surface area contributed by atoms with Crippen molar-refractivity contribution >= 4 is 11.6 Å². The summed E-state index contributed by atoms with van der Waals surface area (Å²) in [6.07, 6.45) is -4.26. The summed E-state index contributed by atoms with van der Waals surface area (Å²) in [5, 5.41) is 42.1. The molecule has 0 amide bonds. The molecule has 3 fully saturated rings. The molecule has 0 spiro atoms. The maximum absolute atomic E-state index is 16.8. The SMILES string of the molecule is C[C@]12CCC(=O)C=C1[C@@H](F)C[C@H]1[C@@H]3C[C@@H](O)[C@](O)(C(=O)CO)[C@@]3(C)C[C@H](O)C12F. The van der Waals surface area contributed by atoms with Gasteiger partial charge in [0.2, 0.25) is 0 Å². The van der Waals surface area contributed by atoms with Crippen LogP contribution in [0.4, 0.5) is 8.78 Å². The Morgan fingerprint density at radius 2 is 1.86 bits per heavy atom. The van der Waals surface area contributed by atoms with Gasteiger partial charge in [0.05, 0.1) is 12.2 Å². The normalized spacial score (nSPS) is 54.3. The fourth-order valence-corrected chi connectivity index (χ4v) is 7.20. The second kappa shape index (κ2) is 6.15. The summed E-state index contributed by atoms with van der Waals surface area (Å²) in [6.45, 7) is 2.03. The topological polar surface area (TPSA) is 115 Å². The third-order valence-corrected chi connectivity index (χ3v) is 8.81. The van der Waals surface area contributed by atoms with Crippen LogP contribution in [-0.2, 0) is 9.59 Å². The van der Waals surface area contributed by atoms with Gasteiger partial charge in [0.25, 0.3) is 0 Å². The van der Waals surface area contributed by atoms with E-state index in [1.54, 1.807) is 0 Å². The van der Waals surface area contributed by atoms with E-state index in [2.05, 4.69) is 0 Å². The van der Waals surface area contributed by atoms with E-state index in [4.69, 9.17) is 0 Å². The summed E-state index contributed by atoms with van der Waals surface area (Å²) in [4.78, 5) is 24.3. The van der Waals surface area contributed by atoms with Crippen molar-refractivity contribution in [3.8, 4) is 0 Å². The summed E-state index contributed by atoms with van der Waals surface area (Å²) in [5.74, 6) is -3.09. The zero-order chi connectivity index (χ0) is 21.6. The van der Waals surface area contributed by atoms with E-state index in [0.717, 1.165) is 0 Å². The lowest BCUT2D eigenvalue weighted by Gasteiger charge is -2.63. The zero-order valence-corrected chi connectivity index (χ0v) is 16.6. The number of aliphatic hydroxyl groups is 4. The Kier molecular flexibility index (Phi) is 4.46. The summed E-state index contributed by atoms with van der Waals surface area (Å²) in [7, 11) is 0. The predicted octanol–water partition coefficient (Wildman–Crippen LogP) is 0.792. The number of ketones is 2. The molecule has 0 bridgehead atoms. The van der Waals surface area contributed by atoms with Gasteiger partial charge in [-0.1, -0.05) is 13.8 Å². The fraction of sp³-hybridized carbons (Fsp3) is 0.810. The molecular formula is C21H28F2O6. The second-order valence-electron chi connectivity index (χ2n) is 9.82. The smallest absolute Gasteiger partial charge is 0.192 e. The van der Waals surface area contributed by atoms with Crippen LogP contribution in [0.15, 0.2) is 11.6 Å². The van der Waals surface area contributed by atoms with E-state index >= 15 is 8.78 Å². The molecule has 4 aliphatic rings. The van der Waals surface area contributed by atoms with Gasteiger partial charge in [0.15, 0.2) is 17.2 Å². The average molecular weight is 414 g/mol. The van der Waals surface area contributed by atoms with Gasteiger partial charge in [-0.3, -0.25) is 9.59 Å². The van der Waals surface area contributed by atoms with Crippen molar-refractivity contribution in [1.29, 1.82) is 0 Å². The van der Waals surface area contributed by atoms with Crippen LogP contribution in [0, 0.1) is 22.7 Å². The van der Waals surface area contributed by atoms with Crippen molar-refractivity contribution in [2.24, 2.45) is 22.7 Å². The van der Waals surface area contributed by atoms with Gasteiger partial charge in [-0.15, -0.1) is 0 Å². The van der Waals surface area contributed by atoms with Crippen LogP contribution < -0.4 is 0 Å². The number of carbonyl (C=O) groups excluding carboxylic acids is 2. The van der Waals surface area contributed by atoms with Gasteiger partial charge < -0.3 is 20.4 Å². The minimum Gasteiger partial charge on any atom is -0.390 e. The highest BCUT2D eigenvalue weighted by atomic mass is 19.1. The second-order valence-corrected chi connectivity index (χ2v) is 9.82. The quantitative estimate of drug-likeness (QED) is 0.531. The first-order chi connectivity index (χ1) is 13.4. The average Bonchev–Trinajstić information content (AvgIpc) is 2.86. The molecule has 0 heterocycles. The predicted molar refractivity (Wildman–Crippen MR) is 97.2 cm³/mol. The van der Waals surface area contributed by atoms with Crippen molar-refractivity contribution in [2.45, 2.75) is 75.6 Å². The number of aliphatic hydroxyl groups excluding tert-OH is 3. The number of Topliss-reactive ketones (excluding diaryl/α,β-unsaturated/α-hetero) is 1. The van der Waals surface area contributed by atoms with E-state index < -0.39 is 64.7 Å². The van der Waals surface area contributed by atoms with Gasteiger partial charge >= 0.3 is 0 Å². The van der Waals surface area contributed by atoms with Crippen molar-refractivity contribution in [1.82, 2.24) is 0 Å². The molecule has 6 nitrogen and oxygen atoms in total. The molecule has 3 saturated carbocycles. The molecule has 4 N–H and O–H groups in total. The molecule has 0 aromatic carbocycles. The highest BCUT2D eigenvalue weighted by Gasteiger charge is 2.77. The molecule has 0 radical (unpaired) electrons. The van der Waals surface area contributed by atoms with Crippen molar-refractivity contribution < 1.29 is 38.8 Å². The lowest BCUT2D eigenvalue weighted by molar-refractivity contribution is -0.235. The molecule has 0 aromatic rings. The number of alkyl halides is 2. The molecule has 4 rings (SSSR count). The van der Waals surface area contributed by atoms with E-state index in [0.29, 0.717) is 0 Å². The Balaban J connectivity index is 1.86. The Hall–Kier alpha value is -1.22. The number of halogens is 2. The minimum absolute atomic E-state index is 0.0509. The molecule has 1 unspecified atom stereocenters. The van der Waals surface area contributed by atoms with Crippen LogP contribution in [0.2, 0.25) is 0 Å². The standard InChI is InChI=1S/C21H28F2O6/c1-18-4-3-10(25)5-13(18)14(22)6-12-11-7-15(26)21(29,17(28)9-24)19(11,2)8-16(27)20(12,18)23/h5,11-12,14-16,24,26-27,29H,3-4,6-9H2,1-2H3/t11-,12-,14-,15+,16-,18-,19-,20?,21-/m0/s1. The van der Waals surface area contributed by atoms with Crippen molar-refractivity contribution in [3.63, 3.8) is 0 Å². The van der Waals surface area contributed by atoms with Gasteiger partial charge in [0, 0.05) is 23.2 Å². The van der Waals surface area contributed by atoms with E-state index in [1.165, 1.54) is 19.9 Å². The van der Waals surface area contributed by atoms with E-state index in [-0.39, 0.29) is 43.5 Å². The zero-order valence-electron chi connectivity index (χ0n) is 16.6. The molecule has 8 heteroatoms. The number of hydrogen-bond donors (Lipinski definition) is 4. The van der Waals surface area contributed by atoms with Crippen molar-refractivity contribution in [3.05, 3.63) is 11.6 Å². The maximum atomic E-state index is 16.8. The summed E-state index contributed by atoms with van der Waals surface area (Å²) < 4.78 is 32.0. The Morgan fingerprint density at radius 3 is 2.48 bits per heavy atom. The number of rotatable bonds is 2. The third kappa shape index (κ3) is 2.23. The number of allylic oxidation sites excluding steroid dienone is 1. The molecule has 162 valence electrons. The van der Waals surface area contributed by atoms with Crippen LogP contribution in [0.25, 0.3) is 0 Å². The lowest BCUT2D eigenvalue weighted by Crippen LogP contribution is -2.71. The summed E-state index contributed by atoms with van der Waals surface area (Å²) >= 11 is 0. The van der Waals surface area contributed by atoms with Gasteiger partial charge in [-0.25, -0.2) is 8.78 Å². The van der Waals surface area contributed by atoms with Crippen LogP contribution in [0.3, 0.4) is 0 Å². The Bertz CT molecular complexity index is 800. The molecule has 29 heavy (non-hydrogen) atoms. The highest BCUT2D eigenvalue weighted by molar-refractivity contribution is 5.92. The molecule has 0 aliphatic heterocycles. The van der Waals surface area contributed by atoms with Crippen LogP contribution in [0.5, 0.6) is 0 Å². The highest BCUT2D eigenvalue weighted by Crippen LogP contribution is 2.70. The third-order valence-electron chi connectivity index (χ3n) is 8.81. The van der Waals surface area contributed by atoms with Crippen LogP contribution >= 0.6 is 0 Å². The monoisotopic (exact) mass is 414 g/mol. The van der Waals surface area contributed by atoms with Crippen LogP contribution in [-0.4, -0.2) is 68.2 Å². The van der Waals surface area contributed by atoms with E-state index in [9.17, 15) is 30.0 Å². The largest absolute Gasteiger partial charge is 0.390 e. The first kappa shape index (κ1) is 21.0. The molecule has 0 saturated heterocycles. The number of carbonyl (C=O) groups is 2. The van der Waals surface area contributed by atoms with Gasteiger partial charge in [0.1, 0.15) is 18.4 Å². The molecular weight excluding hydrogens is 386 g/mol. The maximum Gasteiger partial charge on any atom is 0.192 e. The Morgan fingerprint density at radius 1 is 1.21 bits per heavy atom. The van der Waals surface area contributed by atoms with E-state index in [1.807, 2.05) is 0 Å². The van der Waals surface area contributed by atoms with Gasteiger partial charge in [-0.2, -0.15) is 0 Å². The first-order valence-electron chi connectivity index (χ1n) is 10.2. The molecule has 9 atom stereocenters. The molecule has 0 aromatic heterocycles. The van der Waals surface area contributed by atoms with Gasteiger partial charge in [-0.05, 0) is 43.3 Å². The number of hydrogen-bond acceptors (Lipinski definition) is 6. The fourth-order valence-electron chi connectivity index (χ4n) is 7.20. The van der Waals surface area contributed by atoms with Crippen LogP contribution in [0.1, 0.15) is 46.0 Å². The van der Waals surface area contributed by atoms with Crippen molar-refractivity contribution in [2.75, 3.05) is 6.61 Å². The first-order valence-corrected chi connectivity index (χ1v) is 10.2. The summed E-state index contributed by atoms with van der Waals surface area (Å²) in [6, 6.07) is 0.